The molecule has 0 spiro atoms. The molecular weight excluding hydrogens is 345 g/mol. The van der Waals surface area contributed by atoms with Crippen LogP contribution in [0.3, 0.4) is 0 Å². The smallest absolute Gasteiger partial charge is 0.278 e. The topological polar surface area (TPSA) is 39.3 Å². The highest BCUT2D eigenvalue weighted by atomic mass is 35.5. The van der Waals surface area contributed by atoms with Crippen LogP contribution in [-0.4, -0.2) is 14.2 Å². The first-order valence-corrected chi connectivity index (χ1v) is 8.69. The summed E-state index contributed by atoms with van der Waals surface area (Å²) >= 11 is 12.3. The second-order valence-electron chi connectivity index (χ2n) is 6.15. The molecule has 0 N–H and O–H groups in total. The Morgan fingerprint density at radius 2 is 1.92 bits per heavy atom. The fraction of sp³-hybridized carbons (Fsp3) is 0.333. The van der Waals surface area contributed by atoms with Crippen LogP contribution in [0.5, 0.6) is 0 Å². The number of nitrogens with zero attached hydrogens (tertiary/aromatic N) is 3. The van der Waals surface area contributed by atoms with E-state index in [2.05, 4.69) is 13.8 Å². The van der Waals surface area contributed by atoms with Crippen LogP contribution in [0, 0.1) is 6.92 Å². The SMILES string of the molecule is CCn1c(-c2ccc(Cl)cc2Cl)nn2c(C)cc(C(C)C)c2c1=O. The van der Waals surface area contributed by atoms with Gasteiger partial charge in [0.25, 0.3) is 5.56 Å². The van der Waals surface area contributed by atoms with Crippen molar-refractivity contribution in [3.63, 3.8) is 0 Å². The maximum Gasteiger partial charge on any atom is 0.278 e. The van der Waals surface area contributed by atoms with E-state index in [1.54, 1.807) is 27.3 Å². The summed E-state index contributed by atoms with van der Waals surface area (Å²) in [6.07, 6.45) is 0. The van der Waals surface area contributed by atoms with Crippen molar-refractivity contribution in [3.05, 3.63) is 55.9 Å². The Labute approximate surface area is 150 Å². The van der Waals surface area contributed by atoms with Crippen molar-refractivity contribution in [3.8, 4) is 11.4 Å². The largest absolute Gasteiger partial charge is 0.290 e. The summed E-state index contributed by atoms with van der Waals surface area (Å²) < 4.78 is 3.39. The molecule has 4 nitrogen and oxygen atoms in total. The third-order valence-electron chi connectivity index (χ3n) is 4.19. The molecule has 24 heavy (non-hydrogen) atoms. The van der Waals surface area contributed by atoms with Crippen LogP contribution in [0.2, 0.25) is 10.0 Å². The lowest BCUT2D eigenvalue weighted by Crippen LogP contribution is -2.26. The summed E-state index contributed by atoms with van der Waals surface area (Å²) in [5, 5.41) is 5.75. The highest BCUT2D eigenvalue weighted by Crippen LogP contribution is 2.30. The molecule has 0 unspecified atom stereocenters. The van der Waals surface area contributed by atoms with Gasteiger partial charge in [0.15, 0.2) is 5.82 Å². The molecule has 2 heterocycles. The molecule has 0 saturated heterocycles. The number of benzene rings is 1. The lowest BCUT2D eigenvalue weighted by Gasteiger charge is -2.14. The number of halogens is 2. The minimum absolute atomic E-state index is 0.0506. The summed E-state index contributed by atoms with van der Waals surface area (Å²) in [7, 11) is 0. The van der Waals surface area contributed by atoms with Crippen LogP contribution >= 0.6 is 23.2 Å². The lowest BCUT2D eigenvalue weighted by molar-refractivity contribution is 0.686. The van der Waals surface area contributed by atoms with Crippen LogP contribution in [0.1, 0.15) is 37.9 Å². The third-order valence-corrected chi connectivity index (χ3v) is 4.74. The van der Waals surface area contributed by atoms with Gasteiger partial charge in [-0.05, 0) is 49.6 Å². The lowest BCUT2D eigenvalue weighted by atomic mass is 10.1. The van der Waals surface area contributed by atoms with E-state index in [1.807, 2.05) is 19.9 Å². The molecule has 0 aliphatic rings. The molecule has 3 aromatic rings. The quantitative estimate of drug-likeness (QED) is 0.662. The molecule has 0 aliphatic heterocycles. The van der Waals surface area contributed by atoms with Gasteiger partial charge in [-0.2, -0.15) is 0 Å². The van der Waals surface area contributed by atoms with E-state index in [4.69, 9.17) is 28.3 Å². The van der Waals surface area contributed by atoms with Crippen molar-refractivity contribution < 1.29 is 0 Å². The van der Waals surface area contributed by atoms with Gasteiger partial charge >= 0.3 is 0 Å². The van der Waals surface area contributed by atoms with Crippen molar-refractivity contribution >= 4 is 28.7 Å². The first-order chi connectivity index (χ1) is 11.3. The zero-order chi connectivity index (χ0) is 17.6. The molecule has 0 radical (unpaired) electrons. The number of fused-ring (bicyclic) bond motifs is 1. The van der Waals surface area contributed by atoms with Crippen LogP contribution in [0.4, 0.5) is 0 Å². The van der Waals surface area contributed by atoms with E-state index < -0.39 is 0 Å². The molecule has 0 atom stereocenters. The van der Waals surface area contributed by atoms with E-state index in [0.717, 1.165) is 11.3 Å². The maximum atomic E-state index is 13.1. The van der Waals surface area contributed by atoms with Crippen molar-refractivity contribution in [1.82, 2.24) is 14.2 Å². The Hall–Kier alpha value is -1.78. The van der Waals surface area contributed by atoms with Gasteiger partial charge in [-0.15, -0.1) is 5.10 Å². The summed E-state index contributed by atoms with van der Waals surface area (Å²) in [6.45, 7) is 8.55. The van der Waals surface area contributed by atoms with Gasteiger partial charge in [0.2, 0.25) is 0 Å². The average molecular weight is 364 g/mol. The molecule has 126 valence electrons. The third kappa shape index (κ3) is 2.64. The average Bonchev–Trinajstić information content (AvgIpc) is 2.85. The first kappa shape index (κ1) is 17.1. The molecule has 2 aromatic heterocycles. The summed E-state index contributed by atoms with van der Waals surface area (Å²) in [6, 6.07) is 7.24. The zero-order valence-electron chi connectivity index (χ0n) is 14.1. The molecule has 0 bridgehead atoms. The fourth-order valence-corrected chi connectivity index (χ4v) is 3.47. The number of aryl methyl sites for hydroxylation is 1. The second kappa shape index (κ2) is 6.26. The predicted octanol–water partition coefficient (Wildman–Crippen LogP) is 4.92. The predicted molar refractivity (Wildman–Crippen MR) is 99.4 cm³/mol. The number of hydrogen-bond donors (Lipinski definition) is 0. The molecule has 0 fully saturated rings. The molecule has 0 aliphatic carbocycles. The zero-order valence-corrected chi connectivity index (χ0v) is 15.6. The van der Waals surface area contributed by atoms with E-state index in [0.29, 0.717) is 33.5 Å². The van der Waals surface area contributed by atoms with E-state index in [-0.39, 0.29) is 11.5 Å². The van der Waals surface area contributed by atoms with Gasteiger partial charge in [-0.3, -0.25) is 9.36 Å². The molecule has 0 saturated carbocycles. The molecule has 3 rings (SSSR count). The monoisotopic (exact) mass is 363 g/mol. The number of aromatic nitrogens is 3. The summed E-state index contributed by atoms with van der Waals surface area (Å²) in [4.78, 5) is 13.1. The van der Waals surface area contributed by atoms with Crippen LogP contribution < -0.4 is 5.56 Å². The van der Waals surface area contributed by atoms with E-state index >= 15 is 0 Å². The Morgan fingerprint density at radius 3 is 2.50 bits per heavy atom. The minimum atomic E-state index is -0.0506. The van der Waals surface area contributed by atoms with Gasteiger partial charge in [-0.1, -0.05) is 37.0 Å². The highest BCUT2D eigenvalue weighted by Gasteiger charge is 2.20. The van der Waals surface area contributed by atoms with Crippen LogP contribution in [-0.2, 0) is 6.54 Å². The summed E-state index contributed by atoms with van der Waals surface area (Å²) in [5.74, 6) is 0.796. The van der Waals surface area contributed by atoms with Crippen molar-refractivity contribution in [2.45, 2.75) is 40.2 Å². The van der Waals surface area contributed by atoms with Crippen LogP contribution in [0.15, 0.2) is 29.1 Å². The van der Waals surface area contributed by atoms with E-state index in [1.165, 1.54) is 0 Å². The molecule has 1 aromatic carbocycles. The number of hydrogen-bond acceptors (Lipinski definition) is 2. The van der Waals surface area contributed by atoms with Crippen molar-refractivity contribution in [1.29, 1.82) is 0 Å². The Balaban J connectivity index is 2.42. The van der Waals surface area contributed by atoms with Gasteiger partial charge in [-0.25, -0.2) is 4.52 Å². The Morgan fingerprint density at radius 1 is 1.21 bits per heavy atom. The molecule has 0 amide bonds. The summed E-state index contributed by atoms with van der Waals surface area (Å²) in [5.41, 5.74) is 3.23. The molecule has 6 heteroatoms. The van der Waals surface area contributed by atoms with Crippen LogP contribution in [0.25, 0.3) is 16.9 Å². The number of rotatable bonds is 3. The normalized spacial score (nSPS) is 11.6. The highest BCUT2D eigenvalue weighted by molar-refractivity contribution is 6.36. The first-order valence-electron chi connectivity index (χ1n) is 7.93. The Kier molecular flexibility index (Phi) is 4.45. The van der Waals surface area contributed by atoms with Gasteiger partial charge < -0.3 is 0 Å². The van der Waals surface area contributed by atoms with Crippen molar-refractivity contribution in [2.24, 2.45) is 0 Å². The van der Waals surface area contributed by atoms with Gasteiger partial charge in [0.1, 0.15) is 5.52 Å². The maximum absolute atomic E-state index is 13.1. The Bertz CT molecular complexity index is 986. The minimum Gasteiger partial charge on any atom is -0.290 e. The fourth-order valence-electron chi connectivity index (χ4n) is 2.97. The standard InChI is InChI=1S/C18H19Cl2N3O/c1-5-22-17(13-7-6-12(19)9-15(13)20)21-23-11(4)8-14(10(2)3)16(23)18(22)24/h6-10H,5H2,1-4H3. The molecular formula is C18H19Cl2N3O. The van der Waals surface area contributed by atoms with Gasteiger partial charge in [0.05, 0.1) is 5.02 Å². The van der Waals surface area contributed by atoms with E-state index in [9.17, 15) is 4.79 Å². The van der Waals surface area contributed by atoms with Gasteiger partial charge in [0, 0.05) is 22.8 Å². The second-order valence-corrected chi connectivity index (χ2v) is 7.00. The van der Waals surface area contributed by atoms with Crippen molar-refractivity contribution in [2.75, 3.05) is 0 Å².